The third-order valence-electron chi connectivity index (χ3n) is 3.64. The molecule has 1 aromatic heterocycles. The topological polar surface area (TPSA) is 72.5 Å². The van der Waals surface area contributed by atoms with E-state index >= 15 is 0 Å². The molecular formula is C18H17N3O3S2. The van der Waals surface area contributed by atoms with Gasteiger partial charge in [0.15, 0.2) is 10.2 Å². The molecule has 3 aromatic rings. The highest BCUT2D eigenvalue weighted by Gasteiger charge is 2.15. The number of aromatic nitrogens is 1. The summed E-state index contributed by atoms with van der Waals surface area (Å²) >= 11 is 6.70. The van der Waals surface area contributed by atoms with Crippen LogP contribution < -0.4 is 20.1 Å². The van der Waals surface area contributed by atoms with Gasteiger partial charge < -0.3 is 14.8 Å². The number of amides is 1. The summed E-state index contributed by atoms with van der Waals surface area (Å²) in [7, 11) is 3.04. The molecule has 2 N–H and O–H groups in total. The molecule has 0 unspecified atom stereocenters. The quantitative estimate of drug-likeness (QED) is 0.665. The molecule has 1 amide bonds. The van der Waals surface area contributed by atoms with Gasteiger partial charge in [-0.3, -0.25) is 10.1 Å². The predicted molar refractivity (Wildman–Crippen MR) is 108 cm³/mol. The Morgan fingerprint density at radius 1 is 1.15 bits per heavy atom. The van der Waals surface area contributed by atoms with Gasteiger partial charge in [-0.1, -0.05) is 17.4 Å². The summed E-state index contributed by atoms with van der Waals surface area (Å²) in [6, 6.07) is 11.0. The van der Waals surface area contributed by atoms with Gasteiger partial charge in [-0.05, 0) is 49.0 Å². The number of hydrogen-bond donors (Lipinski definition) is 2. The first kappa shape index (κ1) is 18.1. The van der Waals surface area contributed by atoms with E-state index in [-0.39, 0.29) is 11.0 Å². The molecule has 0 fully saturated rings. The minimum absolute atomic E-state index is 0.170. The van der Waals surface area contributed by atoms with E-state index in [1.54, 1.807) is 25.3 Å². The van der Waals surface area contributed by atoms with Crippen LogP contribution in [-0.2, 0) is 0 Å². The fourth-order valence-electron chi connectivity index (χ4n) is 2.37. The molecule has 6 nitrogen and oxygen atoms in total. The SMILES string of the molecule is COc1ccc(C(=O)NC(=S)Nc2nc3ccc(C)cc3s2)c(OC)c1. The first-order valence-corrected chi connectivity index (χ1v) is 8.94. The Hall–Kier alpha value is -2.71. The van der Waals surface area contributed by atoms with Crippen molar-refractivity contribution in [1.29, 1.82) is 0 Å². The van der Waals surface area contributed by atoms with Crippen LogP contribution in [0, 0.1) is 6.92 Å². The standard InChI is InChI=1S/C18H17N3O3S2/c1-10-4-7-13-15(8-10)26-18(19-13)21-17(25)20-16(22)12-6-5-11(23-2)9-14(12)24-3/h4-9H,1-3H3,(H2,19,20,21,22,25). The molecule has 26 heavy (non-hydrogen) atoms. The van der Waals surface area contributed by atoms with Gasteiger partial charge in [0.25, 0.3) is 5.91 Å². The highest BCUT2D eigenvalue weighted by atomic mass is 32.1. The first-order chi connectivity index (χ1) is 12.5. The van der Waals surface area contributed by atoms with Gasteiger partial charge in [0.1, 0.15) is 11.5 Å². The van der Waals surface area contributed by atoms with Gasteiger partial charge in [-0.15, -0.1) is 0 Å². The second-order valence-corrected chi connectivity index (χ2v) is 6.90. The Kier molecular flexibility index (Phi) is 5.34. The van der Waals surface area contributed by atoms with E-state index in [0.29, 0.717) is 22.2 Å². The zero-order valence-electron chi connectivity index (χ0n) is 14.5. The van der Waals surface area contributed by atoms with E-state index < -0.39 is 0 Å². The molecule has 0 saturated carbocycles. The molecule has 0 aliphatic rings. The van der Waals surface area contributed by atoms with E-state index in [9.17, 15) is 4.79 Å². The Bertz CT molecular complexity index is 985. The van der Waals surface area contributed by atoms with Crippen molar-refractivity contribution in [3.63, 3.8) is 0 Å². The lowest BCUT2D eigenvalue weighted by atomic mass is 10.2. The number of rotatable bonds is 4. The number of fused-ring (bicyclic) bond motifs is 1. The van der Waals surface area contributed by atoms with Crippen LogP contribution in [-0.4, -0.2) is 30.2 Å². The van der Waals surface area contributed by atoms with Crippen LogP contribution in [0.25, 0.3) is 10.2 Å². The molecule has 0 saturated heterocycles. The molecule has 0 radical (unpaired) electrons. The molecule has 0 spiro atoms. The van der Waals surface area contributed by atoms with Crippen molar-refractivity contribution in [3.05, 3.63) is 47.5 Å². The fraction of sp³-hybridized carbons (Fsp3) is 0.167. The zero-order valence-corrected chi connectivity index (χ0v) is 16.1. The molecule has 134 valence electrons. The number of benzene rings is 2. The maximum absolute atomic E-state index is 12.5. The minimum Gasteiger partial charge on any atom is -0.497 e. The van der Waals surface area contributed by atoms with Crippen molar-refractivity contribution in [3.8, 4) is 11.5 Å². The Balaban J connectivity index is 1.71. The van der Waals surface area contributed by atoms with Crippen molar-refractivity contribution < 1.29 is 14.3 Å². The lowest BCUT2D eigenvalue weighted by molar-refractivity contribution is 0.0974. The number of carbonyl (C=O) groups is 1. The summed E-state index contributed by atoms with van der Waals surface area (Å²) in [6.07, 6.45) is 0. The largest absolute Gasteiger partial charge is 0.497 e. The summed E-state index contributed by atoms with van der Waals surface area (Å²) in [5.74, 6) is 0.628. The van der Waals surface area contributed by atoms with E-state index in [0.717, 1.165) is 15.8 Å². The van der Waals surface area contributed by atoms with Crippen LogP contribution in [0.1, 0.15) is 15.9 Å². The molecule has 0 atom stereocenters. The van der Waals surface area contributed by atoms with Gasteiger partial charge in [0, 0.05) is 6.07 Å². The summed E-state index contributed by atoms with van der Waals surface area (Å²) in [5.41, 5.74) is 2.40. The maximum Gasteiger partial charge on any atom is 0.261 e. The Morgan fingerprint density at radius 2 is 1.96 bits per heavy atom. The number of anilines is 1. The second kappa shape index (κ2) is 7.67. The van der Waals surface area contributed by atoms with E-state index in [2.05, 4.69) is 21.7 Å². The summed E-state index contributed by atoms with van der Waals surface area (Å²) in [4.78, 5) is 16.9. The number of ether oxygens (including phenoxy) is 2. The smallest absolute Gasteiger partial charge is 0.261 e. The zero-order chi connectivity index (χ0) is 18.7. The number of methoxy groups -OCH3 is 2. The molecule has 1 heterocycles. The molecule has 8 heteroatoms. The Morgan fingerprint density at radius 3 is 2.69 bits per heavy atom. The maximum atomic E-state index is 12.5. The van der Waals surface area contributed by atoms with Crippen LogP contribution in [0.5, 0.6) is 11.5 Å². The van der Waals surface area contributed by atoms with Crippen LogP contribution in [0.3, 0.4) is 0 Å². The molecular weight excluding hydrogens is 370 g/mol. The molecule has 0 aliphatic heterocycles. The van der Waals surface area contributed by atoms with Crippen LogP contribution in [0.2, 0.25) is 0 Å². The monoisotopic (exact) mass is 387 g/mol. The number of carbonyl (C=O) groups excluding carboxylic acids is 1. The van der Waals surface area contributed by atoms with E-state index in [1.807, 2.05) is 19.1 Å². The number of thiocarbonyl (C=S) groups is 1. The van der Waals surface area contributed by atoms with Crippen molar-refractivity contribution in [2.75, 3.05) is 19.5 Å². The van der Waals surface area contributed by atoms with Crippen LogP contribution >= 0.6 is 23.6 Å². The lowest BCUT2D eigenvalue weighted by Crippen LogP contribution is -2.34. The van der Waals surface area contributed by atoms with Crippen molar-refractivity contribution >= 4 is 49.9 Å². The number of thiazole rings is 1. The molecule has 0 aliphatic carbocycles. The van der Waals surface area contributed by atoms with Gasteiger partial charge in [-0.2, -0.15) is 0 Å². The highest BCUT2D eigenvalue weighted by molar-refractivity contribution is 7.80. The van der Waals surface area contributed by atoms with Crippen molar-refractivity contribution in [2.45, 2.75) is 6.92 Å². The summed E-state index contributed by atoms with van der Waals surface area (Å²) in [6.45, 7) is 2.03. The van der Waals surface area contributed by atoms with E-state index in [4.69, 9.17) is 21.7 Å². The van der Waals surface area contributed by atoms with Crippen LogP contribution in [0.15, 0.2) is 36.4 Å². The third-order valence-corrected chi connectivity index (χ3v) is 4.78. The van der Waals surface area contributed by atoms with Crippen LogP contribution in [0.4, 0.5) is 5.13 Å². The van der Waals surface area contributed by atoms with Gasteiger partial charge in [0.05, 0.1) is 30.0 Å². The molecule has 0 bridgehead atoms. The number of nitrogens with one attached hydrogen (secondary N) is 2. The van der Waals surface area contributed by atoms with Gasteiger partial charge in [0.2, 0.25) is 0 Å². The van der Waals surface area contributed by atoms with Crippen molar-refractivity contribution in [1.82, 2.24) is 10.3 Å². The van der Waals surface area contributed by atoms with Crippen molar-refractivity contribution in [2.24, 2.45) is 0 Å². The molecule has 3 rings (SSSR count). The number of hydrogen-bond acceptors (Lipinski definition) is 6. The Labute approximate surface area is 160 Å². The number of nitrogens with zero attached hydrogens (tertiary/aromatic N) is 1. The highest BCUT2D eigenvalue weighted by Crippen LogP contribution is 2.27. The first-order valence-electron chi connectivity index (χ1n) is 7.71. The van der Waals surface area contributed by atoms with E-state index in [1.165, 1.54) is 18.4 Å². The fourth-order valence-corrected chi connectivity index (χ4v) is 3.59. The normalized spacial score (nSPS) is 10.4. The average molecular weight is 387 g/mol. The van der Waals surface area contributed by atoms with Gasteiger partial charge in [-0.25, -0.2) is 4.98 Å². The van der Waals surface area contributed by atoms with Gasteiger partial charge >= 0.3 is 0 Å². The lowest BCUT2D eigenvalue weighted by Gasteiger charge is -2.11. The minimum atomic E-state index is -0.376. The second-order valence-electron chi connectivity index (χ2n) is 5.46. The summed E-state index contributed by atoms with van der Waals surface area (Å²) < 4.78 is 11.4. The predicted octanol–water partition coefficient (Wildman–Crippen LogP) is 3.75. The third kappa shape index (κ3) is 3.92. The number of aryl methyl sites for hydroxylation is 1. The average Bonchev–Trinajstić information content (AvgIpc) is 3.01. The summed E-state index contributed by atoms with van der Waals surface area (Å²) in [5, 5.41) is 6.39. The molecule has 2 aromatic carbocycles.